The number of nitrogens with one attached hydrogen (secondary N) is 2. The molecule has 3 aromatic rings. The number of rotatable bonds is 6. The molecule has 0 unspecified atom stereocenters. The molecule has 1 saturated heterocycles. The zero-order valence-electron chi connectivity index (χ0n) is 21.0. The van der Waals surface area contributed by atoms with Crippen molar-refractivity contribution in [3.8, 4) is 5.75 Å². The highest BCUT2D eigenvalue weighted by molar-refractivity contribution is 7.80. The summed E-state index contributed by atoms with van der Waals surface area (Å²) in [4.78, 5) is 39.7. The largest absolute Gasteiger partial charge is 0.484 e. The molecule has 7 nitrogen and oxygen atoms in total. The number of benzene rings is 3. The van der Waals surface area contributed by atoms with E-state index >= 15 is 0 Å². The van der Waals surface area contributed by atoms with Crippen LogP contribution in [0.5, 0.6) is 5.75 Å². The zero-order chi connectivity index (χ0) is 26.7. The van der Waals surface area contributed by atoms with Gasteiger partial charge in [0.25, 0.3) is 17.7 Å². The van der Waals surface area contributed by atoms with Crippen molar-refractivity contribution >= 4 is 52.5 Å². The maximum absolute atomic E-state index is 13.3. The van der Waals surface area contributed by atoms with E-state index in [-0.39, 0.29) is 23.2 Å². The van der Waals surface area contributed by atoms with Crippen LogP contribution in [0.3, 0.4) is 0 Å². The van der Waals surface area contributed by atoms with Crippen LogP contribution in [0.4, 0.5) is 11.4 Å². The summed E-state index contributed by atoms with van der Waals surface area (Å²) in [6.07, 6.45) is 1.48. The second-order valence-corrected chi connectivity index (χ2v) is 9.34. The molecule has 0 aromatic heterocycles. The number of hydrogen-bond donors (Lipinski definition) is 2. The van der Waals surface area contributed by atoms with Gasteiger partial charge in [0.15, 0.2) is 11.7 Å². The molecule has 0 spiro atoms. The van der Waals surface area contributed by atoms with Gasteiger partial charge in [0.1, 0.15) is 11.3 Å². The topological polar surface area (TPSA) is 87.7 Å². The Morgan fingerprint density at radius 1 is 0.973 bits per heavy atom. The van der Waals surface area contributed by atoms with Gasteiger partial charge in [-0.05, 0) is 98.6 Å². The highest BCUT2D eigenvalue weighted by Gasteiger charge is 2.35. The number of nitrogens with zero attached hydrogens (tertiary/aromatic N) is 1. The number of anilines is 2. The van der Waals surface area contributed by atoms with Gasteiger partial charge in [-0.1, -0.05) is 35.9 Å². The normalized spacial score (nSPS) is 14.5. The summed E-state index contributed by atoms with van der Waals surface area (Å²) >= 11 is 5.30. The van der Waals surface area contributed by atoms with Gasteiger partial charge in [-0.3, -0.25) is 24.6 Å². The third kappa shape index (κ3) is 5.92. The Balaban J connectivity index is 1.49. The van der Waals surface area contributed by atoms with Crippen molar-refractivity contribution in [3.05, 3.63) is 94.1 Å². The maximum atomic E-state index is 13.3. The molecule has 37 heavy (non-hydrogen) atoms. The quantitative estimate of drug-likeness (QED) is 0.282. The van der Waals surface area contributed by atoms with E-state index in [1.165, 1.54) is 11.0 Å². The van der Waals surface area contributed by atoms with Crippen molar-refractivity contribution in [1.82, 2.24) is 5.32 Å². The summed E-state index contributed by atoms with van der Waals surface area (Å²) in [5.41, 5.74) is 5.96. The van der Waals surface area contributed by atoms with Gasteiger partial charge in [-0.2, -0.15) is 0 Å². The molecule has 1 heterocycles. The van der Waals surface area contributed by atoms with Gasteiger partial charge in [-0.15, -0.1) is 0 Å². The van der Waals surface area contributed by atoms with Crippen LogP contribution in [0, 0.1) is 27.7 Å². The van der Waals surface area contributed by atoms with Crippen LogP contribution in [0.1, 0.15) is 27.8 Å². The number of amides is 3. The molecular weight excluding hydrogens is 486 g/mol. The minimum absolute atomic E-state index is 0.0333. The molecule has 4 rings (SSSR count). The summed E-state index contributed by atoms with van der Waals surface area (Å²) in [5, 5.41) is 5.45. The fourth-order valence-electron chi connectivity index (χ4n) is 3.96. The van der Waals surface area contributed by atoms with E-state index in [1.807, 2.05) is 58.0 Å². The van der Waals surface area contributed by atoms with Crippen LogP contribution >= 0.6 is 12.2 Å². The van der Waals surface area contributed by atoms with Gasteiger partial charge in [0, 0.05) is 5.69 Å². The number of thiocarbonyl (C=S) groups is 1. The molecule has 0 saturated carbocycles. The number of carbonyl (C=O) groups is 3. The van der Waals surface area contributed by atoms with E-state index in [9.17, 15) is 14.4 Å². The number of hydrogen-bond acceptors (Lipinski definition) is 5. The fraction of sp³-hybridized carbons (Fsp3) is 0.172. The molecule has 3 aromatic carbocycles. The van der Waals surface area contributed by atoms with E-state index in [2.05, 4.69) is 10.6 Å². The molecule has 0 radical (unpaired) electrons. The molecule has 188 valence electrons. The second kappa shape index (κ2) is 10.8. The first-order chi connectivity index (χ1) is 17.6. The van der Waals surface area contributed by atoms with Gasteiger partial charge < -0.3 is 10.1 Å². The predicted octanol–water partition coefficient (Wildman–Crippen LogP) is 4.77. The molecule has 1 fully saturated rings. The Hall–Kier alpha value is -4.30. The van der Waals surface area contributed by atoms with Crippen molar-refractivity contribution < 1.29 is 19.1 Å². The van der Waals surface area contributed by atoms with Crippen LogP contribution in [0.2, 0.25) is 0 Å². The van der Waals surface area contributed by atoms with E-state index in [4.69, 9.17) is 17.0 Å². The molecule has 8 heteroatoms. The highest BCUT2D eigenvalue weighted by Crippen LogP contribution is 2.26. The monoisotopic (exact) mass is 513 g/mol. The average molecular weight is 514 g/mol. The van der Waals surface area contributed by atoms with Gasteiger partial charge in [-0.25, -0.2) is 0 Å². The van der Waals surface area contributed by atoms with Gasteiger partial charge >= 0.3 is 0 Å². The lowest BCUT2D eigenvalue weighted by Crippen LogP contribution is -2.54. The van der Waals surface area contributed by atoms with E-state index in [0.29, 0.717) is 22.7 Å². The third-order valence-corrected chi connectivity index (χ3v) is 6.31. The lowest BCUT2D eigenvalue weighted by atomic mass is 10.0. The summed E-state index contributed by atoms with van der Waals surface area (Å²) in [6.45, 7) is 7.64. The molecule has 1 aliphatic rings. The molecule has 2 N–H and O–H groups in total. The van der Waals surface area contributed by atoms with Crippen molar-refractivity contribution in [2.75, 3.05) is 16.8 Å². The Morgan fingerprint density at radius 2 is 1.76 bits per heavy atom. The number of ether oxygens (including phenoxy) is 1. The first-order valence-electron chi connectivity index (χ1n) is 11.7. The SMILES string of the molecule is Cc1ccc(N2C(=O)/C(=C/c3cccc(OCC(=O)Nc4ccc(C)c(C)c4)c3)C(=O)NC2=S)c(C)c1. The Morgan fingerprint density at radius 3 is 2.49 bits per heavy atom. The van der Waals surface area contributed by atoms with Crippen molar-refractivity contribution in [2.45, 2.75) is 27.7 Å². The van der Waals surface area contributed by atoms with E-state index < -0.39 is 11.8 Å². The van der Waals surface area contributed by atoms with Crippen molar-refractivity contribution in [2.24, 2.45) is 0 Å². The Bertz CT molecular complexity index is 1460. The van der Waals surface area contributed by atoms with Gasteiger partial charge in [0.05, 0.1) is 5.69 Å². The van der Waals surface area contributed by atoms with Crippen molar-refractivity contribution in [3.63, 3.8) is 0 Å². The maximum Gasteiger partial charge on any atom is 0.270 e. The lowest BCUT2D eigenvalue weighted by molar-refractivity contribution is -0.122. The van der Waals surface area contributed by atoms with E-state index in [1.54, 1.807) is 30.3 Å². The molecule has 1 aliphatic heterocycles. The first-order valence-corrected chi connectivity index (χ1v) is 12.1. The zero-order valence-corrected chi connectivity index (χ0v) is 21.9. The van der Waals surface area contributed by atoms with Crippen LogP contribution in [-0.4, -0.2) is 29.4 Å². The standard InChI is InChI=1S/C29H27N3O4S/c1-17-8-11-25(20(4)12-17)32-28(35)24(27(34)31-29(32)37)15-21-6-5-7-23(14-21)36-16-26(33)30-22-10-9-18(2)19(3)13-22/h5-15H,16H2,1-4H3,(H,30,33)(H,31,34,37)/b24-15+. The van der Waals surface area contributed by atoms with Crippen LogP contribution in [-0.2, 0) is 14.4 Å². The minimum atomic E-state index is -0.574. The molecule has 0 atom stereocenters. The Labute approximate surface area is 221 Å². The summed E-state index contributed by atoms with van der Waals surface area (Å²) in [6, 6.07) is 18.1. The first kappa shape index (κ1) is 25.8. The summed E-state index contributed by atoms with van der Waals surface area (Å²) in [7, 11) is 0. The highest BCUT2D eigenvalue weighted by atomic mass is 32.1. The smallest absolute Gasteiger partial charge is 0.270 e. The third-order valence-electron chi connectivity index (χ3n) is 6.02. The second-order valence-electron chi connectivity index (χ2n) is 8.96. The van der Waals surface area contributed by atoms with Crippen molar-refractivity contribution in [1.29, 1.82) is 0 Å². The molecule has 3 amide bonds. The van der Waals surface area contributed by atoms with Crippen LogP contribution in [0.15, 0.2) is 66.2 Å². The predicted molar refractivity (Wildman–Crippen MR) is 149 cm³/mol. The van der Waals surface area contributed by atoms with Crippen LogP contribution < -0.4 is 20.3 Å². The summed E-state index contributed by atoms with van der Waals surface area (Å²) in [5.74, 6) is -0.962. The Kier molecular flexibility index (Phi) is 7.50. The van der Waals surface area contributed by atoms with E-state index in [0.717, 1.165) is 22.3 Å². The summed E-state index contributed by atoms with van der Waals surface area (Å²) < 4.78 is 5.65. The minimum Gasteiger partial charge on any atom is -0.484 e. The fourth-order valence-corrected chi connectivity index (χ4v) is 4.23. The van der Waals surface area contributed by atoms with Gasteiger partial charge in [0.2, 0.25) is 0 Å². The van der Waals surface area contributed by atoms with Crippen LogP contribution in [0.25, 0.3) is 6.08 Å². The molecular formula is C29H27N3O4S. The number of carbonyl (C=O) groups excluding carboxylic acids is 3. The molecule has 0 bridgehead atoms. The average Bonchev–Trinajstić information content (AvgIpc) is 2.84. The molecule has 0 aliphatic carbocycles. The number of aryl methyl sites for hydroxylation is 4. The lowest BCUT2D eigenvalue weighted by Gasteiger charge is -2.30.